The lowest BCUT2D eigenvalue weighted by Crippen LogP contribution is -2.34. The summed E-state index contributed by atoms with van der Waals surface area (Å²) in [5.74, 6) is 1.97. The molecule has 3 N–H and O–H groups in total. The van der Waals surface area contributed by atoms with Crippen LogP contribution in [-0.2, 0) is 10.0 Å². The summed E-state index contributed by atoms with van der Waals surface area (Å²) in [6.07, 6.45) is 4.95. The molecule has 0 aliphatic carbocycles. The lowest BCUT2D eigenvalue weighted by atomic mass is 10.00. The first kappa shape index (κ1) is 25.0. The van der Waals surface area contributed by atoms with E-state index in [9.17, 15) is 8.42 Å². The molecule has 1 aliphatic heterocycles. The van der Waals surface area contributed by atoms with Gasteiger partial charge in [-0.25, -0.2) is 13.4 Å². The molecule has 9 nitrogen and oxygen atoms in total. The van der Waals surface area contributed by atoms with E-state index in [0.717, 1.165) is 30.8 Å². The summed E-state index contributed by atoms with van der Waals surface area (Å²) in [7, 11) is -1.31. The summed E-state index contributed by atoms with van der Waals surface area (Å²) >= 11 is 6.31. The molecule has 1 fully saturated rings. The van der Waals surface area contributed by atoms with E-state index in [1.54, 1.807) is 24.3 Å². The zero-order valence-electron chi connectivity index (χ0n) is 19.7. The van der Waals surface area contributed by atoms with Crippen molar-refractivity contribution in [1.29, 1.82) is 0 Å². The van der Waals surface area contributed by atoms with Gasteiger partial charge in [-0.1, -0.05) is 29.8 Å². The van der Waals surface area contributed by atoms with Crippen LogP contribution in [0.1, 0.15) is 12.8 Å². The zero-order valence-corrected chi connectivity index (χ0v) is 21.2. The van der Waals surface area contributed by atoms with Crippen molar-refractivity contribution in [3.8, 4) is 5.75 Å². The Bertz CT molecular complexity index is 1270. The molecule has 186 valence electrons. The van der Waals surface area contributed by atoms with E-state index in [2.05, 4.69) is 37.3 Å². The van der Waals surface area contributed by atoms with Crippen LogP contribution < -0.4 is 20.1 Å². The van der Waals surface area contributed by atoms with Crippen LogP contribution in [0.3, 0.4) is 0 Å². The molecule has 1 aromatic heterocycles. The number of nitrogens with one attached hydrogen (secondary N) is 3. The standard InChI is InChI=1S/C24H29ClN6O3S/c1-31-12-6-7-17(15-31)16-34-19-9-5-8-18(13-19)27-24-26-14-20(25)23(29-24)28-21-10-3-4-11-22(21)30-35(2,32)33/h3-5,8-11,13-14,17,30H,6-7,12,15-16H2,1-2H3,(H2,26,27,28,29). The number of likely N-dealkylation sites (tertiary alicyclic amines) is 1. The number of aromatic nitrogens is 2. The van der Waals surface area contributed by atoms with E-state index in [4.69, 9.17) is 16.3 Å². The Labute approximate surface area is 210 Å². The van der Waals surface area contributed by atoms with Gasteiger partial charge in [-0.2, -0.15) is 4.98 Å². The van der Waals surface area contributed by atoms with Crippen molar-refractivity contribution < 1.29 is 13.2 Å². The normalized spacial score (nSPS) is 16.5. The zero-order chi connectivity index (χ0) is 24.8. The molecule has 3 aromatic rings. The number of para-hydroxylation sites is 2. The molecule has 1 saturated heterocycles. The van der Waals surface area contributed by atoms with Gasteiger partial charge in [0.05, 0.1) is 30.4 Å². The lowest BCUT2D eigenvalue weighted by Gasteiger charge is -2.29. The number of rotatable bonds is 9. The third-order valence-electron chi connectivity index (χ3n) is 5.52. The Morgan fingerprint density at radius 1 is 1.14 bits per heavy atom. The maximum absolute atomic E-state index is 11.7. The molecule has 0 spiro atoms. The molecular formula is C24H29ClN6O3S. The van der Waals surface area contributed by atoms with Crippen molar-refractivity contribution >= 4 is 50.5 Å². The number of halogens is 1. The minimum Gasteiger partial charge on any atom is -0.493 e. The van der Waals surface area contributed by atoms with Gasteiger partial charge in [-0.15, -0.1) is 0 Å². The molecule has 11 heteroatoms. The number of hydrogen-bond acceptors (Lipinski definition) is 8. The van der Waals surface area contributed by atoms with Gasteiger partial charge in [0.2, 0.25) is 16.0 Å². The average molecular weight is 517 g/mol. The highest BCUT2D eigenvalue weighted by Gasteiger charge is 2.18. The second-order valence-corrected chi connectivity index (χ2v) is 10.8. The molecule has 0 amide bonds. The Morgan fingerprint density at radius 2 is 1.94 bits per heavy atom. The minimum atomic E-state index is -3.45. The van der Waals surface area contributed by atoms with Crippen molar-refractivity contribution in [3.05, 3.63) is 59.8 Å². The smallest absolute Gasteiger partial charge is 0.229 e. The maximum atomic E-state index is 11.7. The monoisotopic (exact) mass is 516 g/mol. The summed E-state index contributed by atoms with van der Waals surface area (Å²) < 4.78 is 31.9. The summed E-state index contributed by atoms with van der Waals surface area (Å²) in [5.41, 5.74) is 1.66. The highest BCUT2D eigenvalue weighted by molar-refractivity contribution is 7.92. The molecule has 0 radical (unpaired) electrons. The molecule has 2 heterocycles. The molecule has 1 unspecified atom stereocenters. The number of anilines is 5. The predicted octanol–water partition coefficient (Wildman–Crippen LogP) is 4.71. The van der Waals surface area contributed by atoms with Crippen LogP contribution in [0.25, 0.3) is 0 Å². The van der Waals surface area contributed by atoms with Crippen molar-refractivity contribution in [2.24, 2.45) is 5.92 Å². The van der Waals surface area contributed by atoms with Crippen molar-refractivity contribution in [2.45, 2.75) is 12.8 Å². The molecule has 1 aliphatic rings. The molecule has 35 heavy (non-hydrogen) atoms. The van der Waals surface area contributed by atoms with Gasteiger partial charge in [0.25, 0.3) is 0 Å². The van der Waals surface area contributed by atoms with Crippen LogP contribution in [0.2, 0.25) is 5.02 Å². The third-order valence-corrected chi connectivity index (χ3v) is 6.38. The maximum Gasteiger partial charge on any atom is 0.229 e. The lowest BCUT2D eigenvalue weighted by molar-refractivity contribution is 0.150. The first-order valence-electron chi connectivity index (χ1n) is 11.3. The van der Waals surface area contributed by atoms with E-state index in [1.165, 1.54) is 19.0 Å². The Kier molecular flexibility index (Phi) is 7.94. The number of piperidine rings is 1. The fourth-order valence-corrected chi connectivity index (χ4v) is 4.66. The topological polar surface area (TPSA) is 108 Å². The molecular weight excluding hydrogens is 488 g/mol. The van der Waals surface area contributed by atoms with Crippen LogP contribution in [0.15, 0.2) is 54.7 Å². The fraction of sp³-hybridized carbons (Fsp3) is 0.333. The molecule has 1 atom stereocenters. The summed E-state index contributed by atoms with van der Waals surface area (Å²) in [6.45, 7) is 2.88. The molecule has 2 aromatic carbocycles. The van der Waals surface area contributed by atoms with Gasteiger partial charge >= 0.3 is 0 Å². The largest absolute Gasteiger partial charge is 0.493 e. The van der Waals surface area contributed by atoms with Crippen LogP contribution in [0.4, 0.5) is 28.8 Å². The first-order valence-corrected chi connectivity index (χ1v) is 13.6. The van der Waals surface area contributed by atoms with Gasteiger partial charge in [-0.3, -0.25) is 4.72 Å². The van der Waals surface area contributed by atoms with Crippen LogP contribution in [0, 0.1) is 5.92 Å². The highest BCUT2D eigenvalue weighted by Crippen LogP contribution is 2.30. The van der Waals surface area contributed by atoms with E-state index in [0.29, 0.717) is 40.7 Å². The van der Waals surface area contributed by atoms with Crippen LogP contribution >= 0.6 is 11.6 Å². The fourth-order valence-electron chi connectivity index (χ4n) is 3.94. The Hall–Kier alpha value is -3.08. The van der Waals surface area contributed by atoms with E-state index in [1.807, 2.05) is 24.3 Å². The quantitative estimate of drug-likeness (QED) is 0.375. The van der Waals surface area contributed by atoms with Crippen molar-refractivity contribution in [2.75, 3.05) is 48.4 Å². The Balaban J connectivity index is 1.45. The third kappa shape index (κ3) is 7.45. The van der Waals surface area contributed by atoms with Crippen LogP contribution in [-0.4, -0.2) is 56.3 Å². The minimum absolute atomic E-state index is 0.291. The highest BCUT2D eigenvalue weighted by atomic mass is 35.5. The molecule has 0 bridgehead atoms. The second kappa shape index (κ2) is 11.1. The molecule has 0 saturated carbocycles. The number of benzene rings is 2. The van der Waals surface area contributed by atoms with Gasteiger partial charge in [0.1, 0.15) is 10.8 Å². The molecule has 4 rings (SSSR count). The van der Waals surface area contributed by atoms with E-state index in [-0.39, 0.29) is 0 Å². The SMILES string of the molecule is CN1CCCC(COc2cccc(Nc3ncc(Cl)c(Nc4ccccc4NS(C)(=O)=O)n3)c2)C1. The van der Waals surface area contributed by atoms with Gasteiger partial charge < -0.3 is 20.3 Å². The van der Waals surface area contributed by atoms with Crippen molar-refractivity contribution in [3.63, 3.8) is 0 Å². The average Bonchev–Trinajstić information content (AvgIpc) is 2.81. The summed E-state index contributed by atoms with van der Waals surface area (Å²) in [5, 5.41) is 6.55. The number of nitrogens with zero attached hydrogens (tertiary/aromatic N) is 3. The predicted molar refractivity (Wildman–Crippen MR) is 141 cm³/mol. The number of ether oxygens (including phenoxy) is 1. The van der Waals surface area contributed by atoms with Crippen molar-refractivity contribution in [1.82, 2.24) is 14.9 Å². The van der Waals surface area contributed by atoms with Gasteiger partial charge in [0.15, 0.2) is 5.82 Å². The number of hydrogen-bond donors (Lipinski definition) is 3. The summed E-state index contributed by atoms with van der Waals surface area (Å²) in [4.78, 5) is 11.1. The van der Waals surface area contributed by atoms with Crippen LogP contribution in [0.5, 0.6) is 5.75 Å². The Morgan fingerprint density at radius 3 is 2.71 bits per heavy atom. The second-order valence-electron chi connectivity index (χ2n) is 8.67. The summed E-state index contributed by atoms with van der Waals surface area (Å²) in [6, 6.07) is 14.5. The first-order chi connectivity index (χ1) is 16.7. The van der Waals surface area contributed by atoms with Gasteiger partial charge in [0, 0.05) is 24.2 Å². The number of sulfonamides is 1. The van der Waals surface area contributed by atoms with E-state index >= 15 is 0 Å². The van der Waals surface area contributed by atoms with Gasteiger partial charge in [-0.05, 0) is 50.7 Å². The van der Waals surface area contributed by atoms with E-state index < -0.39 is 10.0 Å².